The molecule has 0 spiro atoms. The highest BCUT2D eigenvalue weighted by Gasteiger charge is 2.46. The standard InChI is InChI=1S/C8H5BrF2O3S/c9-5-2-1-3-6(4-5)15(14)8(10,11)7(12)13/h1-4H,(H,12,13). The van der Waals surface area contributed by atoms with Gasteiger partial charge in [0.15, 0.2) is 0 Å². The van der Waals surface area contributed by atoms with Gasteiger partial charge in [0, 0.05) is 9.37 Å². The molecular formula is C8H5BrF2O3S. The molecule has 0 saturated carbocycles. The van der Waals surface area contributed by atoms with E-state index in [4.69, 9.17) is 5.11 Å². The van der Waals surface area contributed by atoms with Gasteiger partial charge in [0.2, 0.25) is 0 Å². The number of carboxylic acid groups (broad SMARTS) is 1. The van der Waals surface area contributed by atoms with Gasteiger partial charge in [-0.2, -0.15) is 8.78 Å². The molecule has 7 heteroatoms. The molecule has 1 N–H and O–H groups in total. The first-order valence-electron chi connectivity index (χ1n) is 3.64. The van der Waals surface area contributed by atoms with Crippen LogP contribution in [-0.2, 0) is 15.6 Å². The molecule has 0 aliphatic rings. The third kappa shape index (κ3) is 2.60. The van der Waals surface area contributed by atoms with Crippen LogP contribution in [0.25, 0.3) is 0 Å². The number of alkyl halides is 2. The van der Waals surface area contributed by atoms with Crippen LogP contribution in [0.5, 0.6) is 0 Å². The Morgan fingerprint density at radius 3 is 2.53 bits per heavy atom. The summed E-state index contributed by atoms with van der Waals surface area (Å²) in [7, 11) is -2.90. The van der Waals surface area contributed by atoms with Crippen molar-refractivity contribution in [3.05, 3.63) is 28.7 Å². The summed E-state index contributed by atoms with van der Waals surface area (Å²) in [6, 6.07) is 5.32. The van der Waals surface area contributed by atoms with Crippen molar-refractivity contribution in [1.82, 2.24) is 0 Å². The van der Waals surface area contributed by atoms with Crippen LogP contribution in [0, 0.1) is 0 Å². The highest BCUT2D eigenvalue weighted by atomic mass is 79.9. The maximum atomic E-state index is 12.8. The van der Waals surface area contributed by atoms with Crippen molar-refractivity contribution in [2.24, 2.45) is 0 Å². The number of hydrogen-bond donors (Lipinski definition) is 1. The highest BCUT2D eigenvalue weighted by molar-refractivity contribution is 9.10. The number of rotatable bonds is 3. The van der Waals surface area contributed by atoms with E-state index in [9.17, 15) is 17.8 Å². The van der Waals surface area contributed by atoms with E-state index < -0.39 is 22.0 Å². The molecule has 1 atom stereocenters. The molecule has 1 aromatic rings. The zero-order valence-corrected chi connectivity index (χ0v) is 9.52. The van der Waals surface area contributed by atoms with Crippen LogP contribution >= 0.6 is 15.9 Å². The van der Waals surface area contributed by atoms with Gasteiger partial charge in [-0.05, 0) is 18.2 Å². The third-order valence-corrected chi connectivity index (χ3v) is 3.31. The Bertz CT molecular complexity index is 422. The third-order valence-electron chi connectivity index (χ3n) is 1.49. The SMILES string of the molecule is O=C(O)C(F)(F)S(=O)c1cccc(Br)c1. The van der Waals surface area contributed by atoms with Gasteiger partial charge in [-0.15, -0.1) is 0 Å². The van der Waals surface area contributed by atoms with Gasteiger partial charge in [0.05, 0.1) is 0 Å². The largest absolute Gasteiger partial charge is 0.476 e. The lowest BCUT2D eigenvalue weighted by Crippen LogP contribution is -2.33. The summed E-state index contributed by atoms with van der Waals surface area (Å²) in [6.45, 7) is 0. The Balaban J connectivity index is 3.10. The second-order valence-electron chi connectivity index (χ2n) is 2.55. The van der Waals surface area contributed by atoms with Crippen LogP contribution in [0.15, 0.2) is 33.6 Å². The molecule has 0 amide bonds. The van der Waals surface area contributed by atoms with E-state index in [1.54, 1.807) is 6.07 Å². The zero-order chi connectivity index (χ0) is 11.6. The van der Waals surface area contributed by atoms with Gasteiger partial charge >= 0.3 is 11.2 Å². The first-order valence-corrected chi connectivity index (χ1v) is 5.58. The van der Waals surface area contributed by atoms with Crippen molar-refractivity contribution in [2.75, 3.05) is 0 Å². The van der Waals surface area contributed by atoms with E-state index in [-0.39, 0.29) is 4.90 Å². The minimum Gasteiger partial charge on any atom is -0.476 e. The molecule has 0 fully saturated rings. The summed E-state index contributed by atoms with van der Waals surface area (Å²) in [5, 5.41) is 3.91. The van der Waals surface area contributed by atoms with E-state index in [0.717, 1.165) is 0 Å². The van der Waals surface area contributed by atoms with Gasteiger partial charge in [-0.3, -0.25) is 0 Å². The number of hydrogen-bond acceptors (Lipinski definition) is 2. The van der Waals surface area contributed by atoms with E-state index in [1.807, 2.05) is 0 Å². The number of benzene rings is 1. The second kappa shape index (κ2) is 4.36. The van der Waals surface area contributed by atoms with Crippen molar-refractivity contribution in [3.63, 3.8) is 0 Å². The van der Waals surface area contributed by atoms with Gasteiger partial charge in [-0.25, -0.2) is 9.00 Å². The average molecular weight is 299 g/mol. The Morgan fingerprint density at radius 1 is 1.47 bits per heavy atom. The lowest BCUT2D eigenvalue weighted by molar-refractivity contribution is -0.153. The van der Waals surface area contributed by atoms with Gasteiger partial charge < -0.3 is 5.11 Å². The van der Waals surface area contributed by atoms with Crippen LogP contribution in [0.3, 0.4) is 0 Å². The Kier molecular flexibility index (Phi) is 3.56. The van der Waals surface area contributed by atoms with Gasteiger partial charge in [0.1, 0.15) is 10.8 Å². The second-order valence-corrected chi connectivity index (χ2v) is 4.99. The normalized spacial score (nSPS) is 13.5. The molecule has 1 rings (SSSR count). The molecule has 1 unspecified atom stereocenters. The van der Waals surface area contributed by atoms with Crippen molar-refractivity contribution in [2.45, 2.75) is 10.2 Å². The molecule has 0 saturated heterocycles. The van der Waals surface area contributed by atoms with Crippen LogP contribution in [0.1, 0.15) is 0 Å². The zero-order valence-electron chi connectivity index (χ0n) is 7.12. The summed E-state index contributed by atoms with van der Waals surface area (Å²) in [5.74, 6) is -2.40. The summed E-state index contributed by atoms with van der Waals surface area (Å²) in [4.78, 5) is 9.93. The number of carboxylic acids is 1. The van der Waals surface area contributed by atoms with Crippen LogP contribution in [0.4, 0.5) is 8.78 Å². The van der Waals surface area contributed by atoms with E-state index >= 15 is 0 Å². The molecule has 0 aliphatic carbocycles. The Morgan fingerprint density at radius 2 is 2.07 bits per heavy atom. The van der Waals surface area contributed by atoms with Crippen molar-refractivity contribution < 1.29 is 22.9 Å². The number of aliphatic carboxylic acids is 1. The number of carbonyl (C=O) groups is 1. The molecule has 0 bridgehead atoms. The van der Waals surface area contributed by atoms with Crippen molar-refractivity contribution in [1.29, 1.82) is 0 Å². The van der Waals surface area contributed by atoms with Crippen molar-refractivity contribution in [3.8, 4) is 0 Å². The molecule has 15 heavy (non-hydrogen) atoms. The van der Waals surface area contributed by atoms with E-state index in [1.165, 1.54) is 18.2 Å². The molecule has 0 heterocycles. The lowest BCUT2D eigenvalue weighted by Gasteiger charge is -2.10. The fourth-order valence-corrected chi connectivity index (χ4v) is 2.25. The molecule has 1 aromatic carbocycles. The van der Waals surface area contributed by atoms with E-state index in [0.29, 0.717) is 4.47 Å². The minimum atomic E-state index is -4.28. The molecule has 0 aromatic heterocycles. The van der Waals surface area contributed by atoms with Crippen LogP contribution in [-0.4, -0.2) is 20.5 Å². The monoisotopic (exact) mass is 298 g/mol. The quantitative estimate of drug-likeness (QED) is 0.931. The van der Waals surface area contributed by atoms with Crippen molar-refractivity contribution >= 4 is 32.7 Å². The summed E-state index contributed by atoms with van der Waals surface area (Å²) in [5.41, 5.74) is 0. The van der Waals surface area contributed by atoms with Gasteiger partial charge in [0.25, 0.3) is 0 Å². The fraction of sp³-hybridized carbons (Fsp3) is 0.125. The Hall–Kier alpha value is -0.820. The maximum Gasteiger partial charge on any atom is 0.419 e. The smallest absolute Gasteiger partial charge is 0.419 e. The number of halogens is 3. The maximum absolute atomic E-state index is 12.8. The van der Waals surface area contributed by atoms with Crippen LogP contribution in [0.2, 0.25) is 0 Å². The summed E-state index contributed by atoms with van der Waals surface area (Å²) < 4.78 is 37.4. The molecule has 82 valence electrons. The topological polar surface area (TPSA) is 54.4 Å². The average Bonchev–Trinajstić information content (AvgIpc) is 2.16. The summed E-state index contributed by atoms with van der Waals surface area (Å²) >= 11 is 3.01. The predicted octanol–water partition coefficient (Wildman–Crippen LogP) is 2.23. The molecular weight excluding hydrogens is 294 g/mol. The molecule has 3 nitrogen and oxygen atoms in total. The minimum absolute atomic E-state index is 0.239. The Labute approximate surface area is 94.7 Å². The molecule has 0 aliphatic heterocycles. The first-order chi connectivity index (χ1) is 6.85. The summed E-state index contributed by atoms with van der Waals surface area (Å²) in [6.07, 6.45) is 0. The fourth-order valence-electron chi connectivity index (χ4n) is 0.810. The predicted molar refractivity (Wildman–Crippen MR) is 53.1 cm³/mol. The van der Waals surface area contributed by atoms with Gasteiger partial charge in [-0.1, -0.05) is 22.0 Å². The first kappa shape index (κ1) is 12.3. The van der Waals surface area contributed by atoms with Crippen LogP contribution < -0.4 is 0 Å². The molecule has 0 radical (unpaired) electrons. The lowest BCUT2D eigenvalue weighted by atomic mass is 10.4. The highest BCUT2D eigenvalue weighted by Crippen LogP contribution is 2.26. The van der Waals surface area contributed by atoms with E-state index in [2.05, 4.69) is 15.9 Å².